The molecule has 1 aliphatic rings. The van der Waals surface area contributed by atoms with Crippen LogP contribution in [-0.4, -0.2) is 42.0 Å². The van der Waals surface area contributed by atoms with Crippen LogP contribution in [0.1, 0.15) is 21.5 Å². The van der Waals surface area contributed by atoms with Gasteiger partial charge in [0.05, 0.1) is 11.6 Å². The van der Waals surface area contributed by atoms with Crippen molar-refractivity contribution in [3.05, 3.63) is 89.6 Å². The van der Waals surface area contributed by atoms with Crippen LogP contribution in [0.15, 0.2) is 72.9 Å². The molecule has 3 aromatic rings. The number of carbonyl (C=O) groups is 1. The summed E-state index contributed by atoms with van der Waals surface area (Å²) in [6, 6.07) is 23.0. The summed E-state index contributed by atoms with van der Waals surface area (Å²) in [7, 11) is 0. The van der Waals surface area contributed by atoms with Crippen molar-refractivity contribution >= 4 is 17.4 Å². The third-order valence-corrected chi connectivity index (χ3v) is 5.22. The van der Waals surface area contributed by atoms with Gasteiger partial charge < -0.3 is 10.2 Å². The number of benzene rings is 2. The van der Waals surface area contributed by atoms with Crippen LogP contribution in [0.5, 0.6) is 0 Å². The molecule has 2 aromatic carbocycles. The number of nitrogens with zero attached hydrogens (tertiary/aromatic N) is 4. The van der Waals surface area contributed by atoms with Crippen LogP contribution in [0.4, 0.5) is 11.5 Å². The molecule has 1 saturated heterocycles. The van der Waals surface area contributed by atoms with E-state index in [-0.39, 0.29) is 5.91 Å². The van der Waals surface area contributed by atoms with Crippen LogP contribution in [0.3, 0.4) is 0 Å². The number of rotatable bonds is 5. The van der Waals surface area contributed by atoms with Gasteiger partial charge in [-0.3, -0.25) is 9.69 Å². The number of amides is 1. The van der Waals surface area contributed by atoms with Crippen LogP contribution in [-0.2, 0) is 6.54 Å². The molecule has 0 spiro atoms. The van der Waals surface area contributed by atoms with Crippen LogP contribution in [0.2, 0.25) is 0 Å². The minimum atomic E-state index is -0.103. The maximum Gasteiger partial charge on any atom is 0.255 e. The van der Waals surface area contributed by atoms with E-state index in [0.717, 1.165) is 44.2 Å². The lowest BCUT2D eigenvalue weighted by Crippen LogP contribution is -2.46. The van der Waals surface area contributed by atoms with E-state index in [9.17, 15) is 4.79 Å². The highest BCUT2D eigenvalue weighted by Gasteiger charge is 2.18. The Morgan fingerprint density at radius 2 is 1.73 bits per heavy atom. The zero-order chi connectivity index (χ0) is 20.8. The van der Waals surface area contributed by atoms with Crippen molar-refractivity contribution < 1.29 is 4.79 Å². The van der Waals surface area contributed by atoms with Gasteiger partial charge in [-0.1, -0.05) is 30.3 Å². The predicted molar refractivity (Wildman–Crippen MR) is 117 cm³/mol. The second-order valence-electron chi connectivity index (χ2n) is 7.29. The van der Waals surface area contributed by atoms with E-state index >= 15 is 0 Å². The highest BCUT2D eigenvalue weighted by Crippen LogP contribution is 2.17. The summed E-state index contributed by atoms with van der Waals surface area (Å²) < 4.78 is 0. The van der Waals surface area contributed by atoms with Crippen LogP contribution >= 0.6 is 0 Å². The summed E-state index contributed by atoms with van der Waals surface area (Å²) in [6.45, 7) is 4.45. The molecule has 0 aliphatic carbocycles. The fourth-order valence-electron chi connectivity index (χ4n) is 3.54. The minimum absolute atomic E-state index is 0.103. The van der Waals surface area contributed by atoms with Crippen molar-refractivity contribution in [2.24, 2.45) is 0 Å². The molecule has 1 N–H and O–H groups in total. The molecule has 6 nitrogen and oxygen atoms in total. The van der Waals surface area contributed by atoms with E-state index in [2.05, 4.69) is 26.2 Å². The Balaban J connectivity index is 1.30. The number of pyridine rings is 1. The van der Waals surface area contributed by atoms with E-state index in [4.69, 9.17) is 5.26 Å². The molecule has 1 amide bonds. The van der Waals surface area contributed by atoms with Gasteiger partial charge in [-0.15, -0.1) is 0 Å². The van der Waals surface area contributed by atoms with Gasteiger partial charge in [0.15, 0.2) is 0 Å². The Labute approximate surface area is 176 Å². The van der Waals surface area contributed by atoms with Crippen LogP contribution in [0.25, 0.3) is 0 Å². The first kappa shape index (κ1) is 19.6. The lowest BCUT2D eigenvalue weighted by molar-refractivity contribution is 0.102. The molecule has 0 radical (unpaired) electrons. The maximum absolute atomic E-state index is 12.4. The quantitative estimate of drug-likeness (QED) is 0.713. The highest BCUT2D eigenvalue weighted by atomic mass is 16.1. The van der Waals surface area contributed by atoms with E-state index in [1.165, 1.54) is 5.56 Å². The third-order valence-electron chi connectivity index (χ3n) is 5.22. The summed E-state index contributed by atoms with van der Waals surface area (Å²) >= 11 is 0. The molecular formula is C24H23N5O. The molecule has 150 valence electrons. The van der Waals surface area contributed by atoms with Crippen molar-refractivity contribution in [3.8, 4) is 6.07 Å². The van der Waals surface area contributed by atoms with Crippen molar-refractivity contribution in [2.45, 2.75) is 6.54 Å². The molecule has 2 heterocycles. The molecule has 0 atom stereocenters. The van der Waals surface area contributed by atoms with E-state index in [1.54, 1.807) is 12.3 Å². The van der Waals surface area contributed by atoms with Gasteiger partial charge in [-0.25, -0.2) is 4.98 Å². The Morgan fingerprint density at radius 1 is 1.00 bits per heavy atom. The van der Waals surface area contributed by atoms with Gasteiger partial charge in [-0.2, -0.15) is 5.26 Å². The summed E-state index contributed by atoms with van der Waals surface area (Å²) in [5.74, 6) is 0.760. The zero-order valence-corrected chi connectivity index (χ0v) is 16.7. The maximum atomic E-state index is 12.4. The molecule has 0 unspecified atom stereocenters. The molecule has 0 saturated carbocycles. The fraction of sp³-hybridized carbons (Fsp3) is 0.208. The summed E-state index contributed by atoms with van der Waals surface area (Å²) in [5, 5.41) is 12.0. The summed E-state index contributed by atoms with van der Waals surface area (Å²) in [4.78, 5) is 21.4. The normalized spacial score (nSPS) is 14.2. The monoisotopic (exact) mass is 397 g/mol. The second-order valence-corrected chi connectivity index (χ2v) is 7.29. The van der Waals surface area contributed by atoms with E-state index in [1.807, 2.05) is 60.7 Å². The van der Waals surface area contributed by atoms with Gasteiger partial charge >= 0.3 is 0 Å². The number of para-hydroxylation sites is 1. The predicted octanol–water partition coefficient (Wildman–Crippen LogP) is 3.53. The molecular weight excluding hydrogens is 374 g/mol. The average molecular weight is 397 g/mol. The number of aromatic nitrogens is 1. The smallest absolute Gasteiger partial charge is 0.255 e. The fourth-order valence-corrected chi connectivity index (χ4v) is 3.54. The van der Waals surface area contributed by atoms with E-state index in [0.29, 0.717) is 11.1 Å². The number of nitriles is 1. The number of nitrogens with one attached hydrogen (secondary N) is 1. The Bertz CT molecular complexity index is 1040. The number of hydrogen-bond donors (Lipinski definition) is 1. The number of carbonyl (C=O) groups excluding carboxylic acids is 1. The SMILES string of the molecule is N#Cc1ccnc(N2CCN(Cc3ccc(C(=O)Nc4ccccc4)cc3)CC2)c1. The first-order chi connectivity index (χ1) is 14.7. The lowest BCUT2D eigenvalue weighted by atomic mass is 10.1. The standard InChI is InChI=1S/C24H23N5O/c25-17-20-10-11-26-23(16-20)29-14-12-28(13-15-29)18-19-6-8-21(9-7-19)24(30)27-22-4-2-1-3-5-22/h1-11,16H,12-15,18H2,(H,27,30). The number of piperazine rings is 1. The van der Waals surface area contributed by atoms with Crippen LogP contribution in [0, 0.1) is 11.3 Å². The Kier molecular flexibility index (Phi) is 6.02. The molecule has 0 bridgehead atoms. The van der Waals surface area contributed by atoms with Crippen molar-refractivity contribution in [2.75, 3.05) is 36.4 Å². The molecule has 30 heavy (non-hydrogen) atoms. The minimum Gasteiger partial charge on any atom is -0.354 e. The zero-order valence-electron chi connectivity index (χ0n) is 16.7. The van der Waals surface area contributed by atoms with Crippen molar-refractivity contribution in [3.63, 3.8) is 0 Å². The summed E-state index contributed by atoms with van der Waals surface area (Å²) in [5.41, 5.74) is 3.26. The number of hydrogen-bond acceptors (Lipinski definition) is 5. The Hall–Kier alpha value is -3.69. The van der Waals surface area contributed by atoms with Crippen LogP contribution < -0.4 is 10.2 Å². The molecule has 1 fully saturated rings. The largest absolute Gasteiger partial charge is 0.354 e. The number of anilines is 2. The van der Waals surface area contributed by atoms with Gasteiger partial charge in [0.25, 0.3) is 5.91 Å². The second kappa shape index (κ2) is 9.21. The first-order valence-electron chi connectivity index (χ1n) is 10.00. The third kappa shape index (κ3) is 4.83. The van der Waals surface area contributed by atoms with Crippen molar-refractivity contribution in [1.29, 1.82) is 5.26 Å². The molecule has 6 heteroatoms. The molecule has 4 rings (SSSR count). The molecule has 1 aromatic heterocycles. The lowest BCUT2D eigenvalue weighted by Gasteiger charge is -2.35. The van der Waals surface area contributed by atoms with Gasteiger partial charge in [0, 0.05) is 50.2 Å². The van der Waals surface area contributed by atoms with E-state index < -0.39 is 0 Å². The van der Waals surface area contributed by atoms with Gasteiger partial charge in [0.1, 0.15) is 5.82 Å². The topological polar surface area (TPSA) is 72.3 Å². The highest BCUT2D eigenvalue weighted by molar-refractivity contribution is 6.04. The average Bonchev–Trinajstić information content (AvgIpc) is 2.81. The summed E-state index contributed by atoms with van der Waals surface area (Å²) in [6.07, 6.45) is 1.69. The molecule has 1 aliphatic heterocycles. The van der Waals surface area contributed by atoms with Crippen molar-refractivity contribution in [1.82, 2.24) is 9.88 Å². The Morgan fingerprint density at radius 3 is 2.43 bits per heavy atom. The first-order valence-corrected chi connectivity index (χ1v) is 10.00. The van der Waals surface area contributed by atoms with Gasteiger partial charge in [0.2, 0.25) is 0 Å². The van der Waals surface area contributed by atoms with Gasteiger partial charge in [-0.05, 0) is 42.0 Å².